The third kappa shape index (κ3) is 4.07. The molecule has 1 heterocycles. The molecule has 2 aromatic carbocycles. The fourth-order valence-electron chi connectivity index (χ4n) is 2.62. The standard InChI is InChI=1S/C16H10BCl3F2N2O3/c18-16(19,20)15-10-14(11-4-2-1-3-5-11)23(17(21,22)27-15)12-6-8-13(9-7-12)24(25)26/h1-10H. The maximum Gasteiger partial charge on any atom is 0.834 e. The molecule has 2 aromatic rings. The lowest BCUT2D eigenvalue weighted by molar-refractivity contribution is -0.385. The zero-order chi connectivity index (χ0) is 19.8. The van der Waals surface area contributed by atoms with Gasteiger partial charge in [0.05, 0.1) is 4.92 Å². The van der Waals surface area contributed by atoms with Crippen LogP contribution >= 0.6 is 34.8 Å². The summed E-state index contributed by atoms with van der Waals surface area (Å²) in [5.74, 6) is -0.519. The second-order valence-corrected chi connectivity index (χ2v) is 7.86. The summed E-state index contributed by atoms with van der Waals surface area (Å²) in [5.41, 5.74) is 0.213. The second-order valence-electron chi connectivity index (χ2n) is 5.58. The van der Waals surface area contributed by atoms with Gasteiger partial charge in [0.15, 0.2) is 11.4 Å². The molecule has 1 aliphatic rings. The number of allylic oxidation sites excluding steroid dienone is 2. The molecule has 0 atom stereocenters. The predicted octanol–water partition coefficient (Wildman–Crippen LogP) is 5.39. The largest absolute Gasteiger partial charge is 0.834 e. The zero-order valence-corrected chi connectivity index (χ0v) is 15.6. The van der Waals surface area contributed by atoms with E-state index in [4.69, 9.17) is 39.5 Å². The SMILES string of the molecule is O=[N+]([O-])c1ccc([N+]2=C(c3ccccc3)C=C(C(Cl)(Cl)Cl)O[B-]2(F)F)cc1. The molecule has 0 radical (unpaired) electrons. The summed E-state index contributed by atoms with van der Waals surface area (Å²) in [4.78, 5) is 10.2. The number of halogens is 5. The van der Waals surface area contributed by atoms with Crippen molar-refractivity contribution in [3.8, 4) is 0 Å². The molecule has 0 unspecified atom stereocenters. The summed E-state index contributed by atoms with van der Waals surface area (Å²) in [5, 5.41) is 10.8. The van der Waals surface area contributed by atoms with Crippen molar-refractivity contribution in [3.05, 3.63) is 82.1 Å². The summed E-state index contributed by atoms with van der Waals surface area (Å²) in [7, 11) is -4.68. The van der Waals surface area contributed by atoms with E-state index in [1.165, 1.54) is 18.2 Å². The Bertz CT molecular complexity index is 946. The highest BCUT2D eigenvalue weighted by Crippen LogP contribution is 2.41. The number of nitro benzene ring substituents is 1. The Hall–Kier alpha value is -2.16. The molecule has 11 heteroatoms. The van der Waals surface area contributed by atoms with Gasteiger partial charge in [-0.25, -0.2) is 0 Å². The number of nitrogens with zero attached hydrogens (tertiary/aromatic N) is 2. The van der Waals surface area contributed by atoms with Gasteiger partial charge in [0.2, 0.25) is 3.79 Å². The van der Waals surface area contributed by atoms with Crippen LogP contribution in [0.3, 0.4) is 0 Å². The molecular weight excluding hydrogens is 423 g/mol. The molecule has 0 bridgehead atoms. The number of hydrogen-bond donors (Lipinski definition) is 0. The van der Waals surface area contributed by atoms with Crippen molar-refractivity contribution < 1.29 is 22.7 Å². The Morgan fingerprint density at radius 3 is 2.15 bits per heavy atom. The van der Waals surface area contributed by atoms with Gasteiger partial charge in [-0.2, -0.15) is 0 Å². The van der Waals surface area contributed by atoms with Crippen LogP contribution in [0.1, 0.15) is 5.56 Å². The van der Waals surface area contributed by atoms with Gasteiger partial charge in [-0.15, -0.1) is 0 Å². The van der Waals surface area contributed by atoms with Crippen molar-refractivity contribution in [2.24, 2.45) is 0 Å². The van der Waals surface area contributed by atoms with E-state index in [1.54, 1.807) is 30.3 Å². The van der Waals surface area contributed by atoms with Crippen LogP contribution < -0.4 is 0 Å². The first-order valence-electron chi connectivity index (χ1n) is 7.55. The summed E-state index contributed by atoms with van der Waals surface area (Å²) < 4.78 is 33.0. The molecule has 0 amide bonds. The van der Waals surface area contributed by atoms with Gasteiger partial charge in [-0.3, -0.25) is 10.1 Å². The fraction of sp³-hybridized carbons (Fsp3) is 0.0625. The Morgan fingerprint density at radius 2 is 1.63 bits per heavy atom. The molecule has 0 spiro atoms. The van der Waals surface area contributed by atoms with Crippen LogP contribution in [-0.2, 0) is 4.65 Å². The zero-order valence-electron chi connectivity index (χ0n) is 13.4. The van der Waals surface area contributed by atoms with Gasteiger partial charge in [-0.1, -0.05) is 53.0 Å². The Morgan fingerprint density at radius 1 is 1.04 bits per heavy atom. The fourth-order valence-corrected chi connectivity index (χ4v) is 2.92. The van der Waals surface area contributed by atoms with E-state index in [0.717, 1.165) is 12.1 Å². The molecule has 0 saturated carbocycles. The summed E-state index contributed by atoms with van der Waals surface area (Å²) in [6.07, 6.45) is 1.21. The van der Waals surface area contributed by atoms with E-state index >= 15 is 0 Å². The Kier molecular flexibility index (Phi) is 5.16. The Labute approximate surface area is 167 Å². The lowest BCUT2D eigenvalue weighted by atomic mass is 9.95. The smallest absolute Gasteiger partial charge is 0.599 e. The molecule has 1 aliphatic heterocycles. The van der Waals surface area contributed by atoms with Gasteiger partial charge in [0, 0.05) is 35.9 Å². The van der Waals surface area contributed by atoms with E-state index in [1.807, 2.05) is 0 Å². The average molecular weight is 433 g/mol. The molecule has 0 fully saturated rings. The maximum atomic E-state index is 14.9. The predicted molar refractivity (Wildman–Crippen MR) is 101 cm³/mol. The van der Waals surface area contributed by atoms with Crippen molar-refractivity contribution in [2.75, 3.05) is 0 Å². The first kappa shape index (κ1) is 19.6. The lowest BCUT2D eigenvalue weighted by Gasteiger charge is -2.32. The second kappa shape index (κ2) is 7.11. The minimum Gasteiger partial charge on any atom is -0.599 e. The number of hydrogen-bond acceptors (Lipinski definition) is 3. The minimum absolute atomic E-state index is 0.0101. The molecule has 0 N–H and O–H groups in total. The van der Waals surface area contributed by atoms with E-state index in [9.17, 15) is 18.7 Å². The number of rotatable bonds is 3. The molecule has 0 aliphatic carbocycles. The van der Waals surface area contributed by atoms with Crippen molar-refractivity contribution in [3.63, 3.8) is 0 Å². The van der Waals surface area contributed by atoms with E-state index in [-0.39, 0.29) is 17.1 Å². The normalized spacial score (nSPS) is 16.6. The molecule has 0 aromatic heterocycles. The van der Waals surface area contributed by atoms with Crippen LogP contribution in [0.2, 0.25) is 0 Å². The van der Waals surface area contributed by atoms with E-state index in [2.05, 4.69) is 0 Å². The van der Waals surface area contributed by atoms with E-state index in [0.29, 0.717) is 10.0 Å². The number of benzene rings is 2. The molecule has 27 heavy (non-hydrogen) atoms. The van der Waals surface area contributed by atoms with Gasteiger partial charge in [0.25, 0.3) is 5.69 Å². The first-order chi connectivity index (χ1) is 12.6. The van der Waals surface area contributed by atoms with Gasteiger partial charge in [0.1, 0.15) is 5.76 Å². The van der Waals surface area contributed by atoms with Crippen molar-refractivity contribution in [1.82, 2.24) is 0 Å². The molecule has 3 rings (SSSR count). The highest BCUT2D eigenvalue weighted by Gasteiger charge is 2.54. The molecule has 0 saturated heterocycles. The van der Waals surface area contributed by atoms with Crippen LogP contribution in [0.15, 0.2) is 66.4 Å². The van der Waals surface area contributed by atoms with Crippen LogP contribution in [0.4, 0.5) is 20.0 Å². The average Bonchev–Trinajstić information content (AvgIpc) is 2.60. The maximum absolute atomic E-state index is 14.9. The third-order valence-electron chi connectivity index (χ3n) is 3.78. The highest BCUT2D eigenvalue weighted by atomic mass is 35.6. The molecule has 140 valence electrons. The van der Waals surface area contributed by atoms with Gasteiger partial charge in [-0.05, 0) is 12.1 Å². The van der Waals surface area contributed by atoms with Crippen LogP contribution in [0.25, 0.3) is 0 Å². The monoisotopic (exact) mass is 432 g/mol. The number of alkyl halides is 3. The topological polar surface area (TPSA) is 55.4 Å². The third-order valence-corrected chi connectivity index (χ3v) is 4.34. The van der Waals surface area contributed by atoms with Gasteiger partial charge < -0.3 is 17.8 Å². The van der Waals surface area contributed by atoms with Crippen molar-refractivity contribution in [2.45, 2.75) is 3.79 Å². The van der Waals surface area contributed by atoms with E-state index < -0.39 is 21.5 Å². The minimum atomic E-state index is -4.68. The molecular formula is C16H10BCl3F2N2O3. The van der Waals surface area contributed by atoms with Crippen LogP contribution in [-0.4, -0.2) is 26.0 Å². The number of nitro groups is 1. The van der Waals surface area contributed by atoms with Crippen LogP contribution in [0.5, 0.6) is 0 Å². The summed E-state index contributed by atoms with van der Waals surface area (Å²) in [6.45, 7) is 0. The van der Waals surface area contributed by atoms with Crippen LogP contribution in [0, 0.1) is 10.1 Å². The van der Waals surface area contributed by atoms with Gasteiger partial charge >= 0.3 is 7.04 Å². The molecule has 5 nitrogen and oxygen atoms in total. The highest BCUT2D eigenvalue weighted by molar-refractivity contribution is 6.70. The quantitative estimate of drug-likeness (QED) is 0.282. The summed E-state index contributed by atoms with van der Waals surface area (Å²) >= 11 is 17.2. The van der Waals surface area contributed by atoms with Crippen molar-refractivity contribution in [1.29, 1.82) is 0 Å². The van der Waals surface area contributed by atoms with Crippen molar-refractivity contribution >= 4 is 58.9 Å². The lowest BCUT2D eigenvalue weighted by Crippen LogP contribution is -2.47. The first-order valence-corrected chi connectivity index (χ1v) is 8.68. The number of non-ortho nitro benzene ring substituents is 1. The summed E-state index contributed by atoms with van der Waals surface area (Å²) in [6, 6.07) is 12.9. The Balaban J connectivity index is 2.27.